The van der Waals surface area contributed by atoms with Crippen molar-refractivity contribution in [2.75, 3.05) is 6.54 Å². The Morgan fingerprint density at radius 3 is 2.59 bits per heavy atom. The van der Waals surface area contributed by atoms with Gasteiger partial charge in [0.1, 0.15) is 5.01 Å². The van der Waals surface area contributed by atoms with Crippen molar-refractivity contribution in [1.82, 2.24) is 20.6 Å². The summed E-state index contributed by atoms with van der Waals surface area (Å²) in [5.74, 6) is 0. The van der Waals surface area contributed by atoms with Crippen LogP contribution in [0.3, 0.4) is 0 Å². The predicted octanol–water partition coefficient (Wildman–Crippen LogP) is 2.93. The first-order chi connectivity index (χ1) is 10.4. The molecule has 2 aromatic rings. The number of nitrogens with one attached hydrogen (secondary N) is 2. The maximum Gasteiger partial charge on any atom is 0.315 e. The van der Waals surface area contributed by atoms with E-state index in [1.807, 2.05) is 52.2 Å². The van der Waals surface area contributed by atoms with Gasteiger partial charge in [-0.3, -0.25) is 4.98 Å². The lowest BCUT2D eigenvalue weighted by Crippen LogP contribution is -2.46. The Morgan fingerprint density at radius 2 is 2.00 bits per heavy atom. The Morgan fingerprint density at radius 1 is 1.23 bits per heavy atom. The van der Waals surface area contributed by atoms with Gasteiger partial charge in [0.2, 0.25) is 0 Å². The lowest BCUT2D eigenvalue weighted by Gasteiger charge is -2.24. The van der Waals surface area contributed by atoms with E-state index in [0.717, 1.165) is 27.6 Å². The Hall–Kier alpha value is -1.95. The minimum Gasteiger partial charge on any atom is -0.338 e. The number of aromatic nitrogens is 2. The summed E-state index contributed by atoms with van der Waals surface area (Å²) in [6, 6.07) is 3.82. The van der Waals surface area contributed by atoms with Crippen molar-refractivity contribution < 1.29 is 4.79 Å². The average molecular weight is 318 g/mol. The molecule has 0 atom stereocenters. The van der Waals surface area contributed by atoms with Gasteiger partial charge in [-0.15, -0.1) is 11.3 Å². The van der Waals surface area contributed by atoms with Crippen molar-refractivity contribution in [1.29, 1.82) is 0 Å². The monoisotopic (exact) mass is 318 g/mol. The van der Waals surface area contributed by atoms with E-state index in [1.165, 1.54) is 0 Å². The molecule has 22 heavy (non-hydrogen) atoms. The van der Waals surface area contributed by atoms with E-state index in [2.05, 4.69) is 20.6 Å². The number of thiazole rings is 1. The molecule has 0 aliphatic carbocycles. The van der Waals surface area contributed by atoms with Gasteiger partial charge in [-0.2, -0.15) is 0 Å². The molecule has 0 aliphatic heterocycles. The second kappa shape index (κ2) is 6.87. The van der Waals surface area contributed by atoms with E-state index in [4.69, 9.17) is 0 Å². The zero-order valence-corrected chi connectivity index (χ0v) is 14.3. The van der Waals surface area contributed by atoms with Gasteiger partial charge in [0, 0.05) is 29.5 Å². The second-order valence-corrected chi connectivity index (χ2v) is 7.07. The number of hydrogen-bond acceptors (Lipinski definition) is 4. The lowest BCUT2D eigenvalue weighted by molar-refractivity contribution is 0.230. The molecule has 0 saturated carbocycles. The third kappa shape index (κ3) is 4.53. The number of carbonyl (C=O) groups is 1. The van der Waals surface area contributed by atoms with E-state index in [9.17, 15) is 4.79 Å². The molecule has 2 amide bonds. The fraction of sp³-hybridized carbons (Fsp3) is 0.438. The molecule has 5 nitrogen and oxygen atoms in total. The quantitative estimate of drug-likeness (QED) is 0.891. The third-order valence-electron chi connectivity index (χ3n) is 3.25. The van der Waals surface area contributed by atoms with Gasteiger partial charge in [0.05, 0.1) is 5.54 Å². The molecule has 0 spiro atoms. The van der Waals surface area contributed by atoms with Gasteiger partial charge in [0.25, 0.3) is 0 Å². The highest BCUT2D eigenvalue weighted by atomic mass is 32.1. The number of rotatable bonds is 5. The number of urea groups is 1. The van der Waals surface area contributed by atoms with Crippen LogP contribution in [0.25, 0.3) is 0 Å². The summed E-state index contributed by atoms with van der Waals surface area (Å²) < 4.78 is 0. The molecule has 0 fully saturated rings. The summed E-state index contributed by atoms with van der Waals surface area (Å²) in [7, 11) is 0. The molecule has 6 heteroatoms. The van der Waals surface area contributed by atoms with Crippen LogP contribution in [-0.2, 0) is 12.0 Å². The number of nitrogens with zero attached hydrogens (tertiary/aromatic N) is 2. The van der Waals surface area contributed by atoms with Gasteiger partial charge in [-0.25, -0.2) is 9.78 Å². The zero-order chi connectivity index (χ0) is 16.2. The molecule has 2 heterocycles. The van der Waals surface area contributed by atoms with E-state index in [0.29, 0.717) is 6.54 Å². The molecule has 0 aliphatic rings. The maximum absolute atomic E-state index is 12.0. The number of pyridine rings is 1. The number of aryl methyl sites for hydroxylation is 2. The summed E-state index contributed by atoms with van der Waals surface area (Å²) in [6.07, 6.45) is 4.43. The van der Waals surface area contributed by atoms with Crippen molar-refractivity contribution in [2.45, 2.75) is 39.7 Å². The maximum atomic E-state index is 12.0. The van der Waals surface area contributed by atoms with E-state index in [-0.39, 0.29) is 6.03 Å². The standard InChI is InChI=1S/C16H22N4OS/c1-11-5-6-13(10-18-11)7-8-17-15(21)20-16(3,4)14-19-9-12(2)22-14/h5-6,9-10H,7-8H2,1-4H3,(H2,17,20,21). The summed E-state index contributed by atoms with van der Waals surface area (Å²) in [5.41, 5.74) is 1.63. The first-order valence-electron chi connectivity index (χ1n) is 7.27. The van der Waals surface area contributed by atoms with Crippen LogP contribution < -0.4 is 10.6 Å². The van der Waals surface area contributed by atoms with Crippen molar-refractivity contribution in [3.8, 4) is 0 Å². The average Bonchev–Trinajstić information content (AvgIpc) is 2.88. The summed E-state index contributed by atoms with van der Waals surface area (Å²) in [4.78, 5) is 21.7. The highest BCUT2D eigenvalue weighted by Crippen LogP contribution is 2.24. The van der Waals surface area contributed by atoms with E-state index in [1.54, 1.807) is 11.3 Å². The Labute approximate surface area is 135 Å². The number of hydrogen-bond donors (Lipinski definition) is 2. The lowest BCUT2D eigenvalue weighted by atomic mass is 10.1. The highest BCUT2D eigenvalue weighted by molar-refractivity contribution is 7.11. The van der Waals surface area contributed by atoms with Crippen LogP contribution in [0, 0.1) is 13.8 Å². The van der Waals surface area contributed by atoms with Crippen LogP contribution >= 0.6 is 11.3 Å². The molecule has 0 saturated heterocycles. The topological polar surface area (TPSA) is 66.9 Å². The number of carbonyl (C=O) groups excluding carboxylic acids is 1. The molecule has 118 valence electrons. The van der Waals surface area contributed by atoms with Crippen LogP contribution in [0.5, 0.6) is 0 Å². The SMILES string of the molecule is Cc1ccc(CCNC(=O)NC(C)(C)c2ncc(C)s2)cn1. The van der Waals surface area contributed by atoms with Gasteiger partial charge >= 0.3 is 6.03 Å². The van der Waals surface area contributed by atoms with E-state index >= 15 is 0 Å². The van der Waals surface area contributed by atoms with Gasteiger partial charge in [-0.05, 0) is 45.7 Å². The van der Waals surface area contributed by atoms with Crippen LogP contribution in [-0.4, -0.2) is 22.5 Å². The summed E-state index contributed by atoms with van der Waals surface area (Å²) in [5, 5.41) is 6.75. The van der Waals surface area contributed by atoms with Crippen LogP contribution in [0.4, 0.5) is 4.79 Å². The van der Waals surface area contributed by atoms with Crippen LogP contribution in [0.1, 0.15) is 35.0 Å². The first-order valence-corrected chi connectivity index (χ1v) is 8.09. The predicted molar refractivity (Wildman–Crippen MR) is 89.1 cm³/mol. The highest BCUT2D eigenvalue weighted by Gasteiger charge is 2.25. The van der Waals surface area contributed by atoms with E-state index < -0.39 is 5.54 Å². The van der Waals surface area contributed by atoms with Crippen molar-refractivity contribution in [3.63, 3.8) is 0 Å². The first kappa shape index (κ1) is 16.4. The molecule has 0 bridgehead atoms. The Balaban J connectivity index is 1.81. The molecule has 2 rings (SSSR count). The molecule has 2 N–H and O–H groups in total. The minimum atomic E-state index is -0.478. The molecule has 0 radical (unpaired) electrons. The van der Waals surface area contributed by atoms with Gasteiger partial charge in [-0.1, -0.05) is 6.07 Å². The summed E-state index contributed by atoms with van der Waals surface area (Å²) >= 11 is 1.60. The van der Waals surface area contributed by atoms with Crippen molar-refractivity contribution in [3.05, 3.63) is 45.7 Å². The van der Waals surface area contributed by atoms with Crippen LogP contribution in [0.2, 0.25) is 0 Å². The second-order valence-electron chi connectivity index (χ2n) is 5.84. The smallest absolute Gasteiger partial charge is 0.315 e. The molecule has 2 aromatic heterocycles. The van der Waals surface area contributed by atoms with Gasteiger partial charge in [0.15, 0.2) is 0 Å². The Kier molecular flexibility index (Phi) is 5.13. The van der Waals surface area contributed by atoms with Crippen molar-refractivity contribution in [2.24, 2.45) is 0 Å². The fourth-order valence-corrected chi connectivity index (χ4v) is 2.81. The normalized spacial score (nSPS) is 11.3. The zero-order valence-electron chi connectivity index (χ0n) is 13.4. The molecular weight excluding hydrogens is 296 g/mol. The Bertz CT molecular complexity index is 634. The van der Waals surface area contributed by atoms with Gasteiger partial charge < -0.3 is 10.6 Å². The minimum absolute atomic E-state index is 0.182. The summed E-state index contributed by atoms with van der Waals surface area (Å²) in [6.45, 7) is 8.44. The third-order valence-corrected chi connectivity index (χ3v) is 4.49. The van der Waals surface area contributed by atoms with Crippen LogP contribution in [0.15, 0.2) is 24.5 Å². The largest absolute Gasteiger partial charge is 0.338 e. The fourth-order valence-electron chi connectivity index (χ4n) is 1.99. The molecule has 0 aromatic carbocycles. The molecule has 0 unspecified atom stereocenters. The number of amides is 2. The molecular formula is C16H22N4OS. The van der Waals surface area contributed by atoms with Crippen molar-refractivity contribution >= 4 is 17.4 Å².